The molecule has 2 N–H and O–H groups in total. The summed E-state index contributed by atoms with van der Waals surface area (Å²) in [7, 11) is 0. The van der Waals surface area contributed by atoms with Gasteiger partial charge < -0.3 is 10.2 Å². The SMILES string of the molecule is CC(C)=CC[C@H](O)C(C)CCO. The number of hydrogen-bond acceptors (Lipinski definition) is 2. The molecule has 2 nitrogen and oxygen atoms in total. The van der Waals surface area contributed by atoms with Gasteiger partial charge in [-0.2, -0.15) is 0 Å². The summed E-state index contributed by atoms with van der Waals surface area (Å²) in [6, 6.07) is 0. The van der Waals surface area contributed by atoms with E-state index >= 15 is 0 Å². The Kier molecular flexibility index (Phi) is 6.03. The van der Waals surface area contributed by atoms with Gasteiger partial charge in [0.2, 0.25) is 0 Å². The van der Waals surface area contributed by atoms with Crippen LogP contribution in [0.4, 0.5) is 0 Å². The van der Waals surface area contributed by atoms with Crippen molar-refractivity contribution in [2.45, 2.75) is 39.7 Å². The van der Waals surface area contributed by atoms with Gasteiger partial charge in [-0.05, 0) is 32.6 Å². The predicted octanol–water partition coefficient (Wildman–Crippen LogP) is 1.72. The molecule has 0 rings (SSSR count). The summed E-state index contributed by atoms with van der Waals surface area (Å²) >= 11 is 0. The molecule has 0 aliphatic carbocycles. The maximum Gasteiger partial charge on any atom is 0.0601 e. The van der Waals surface area contributed by atoms with Crippen molar-refractivity contribution in [2.75, 3.05) is 6.61 Å². The van der Waals surface area contributed by atoms with Crippen molar-refractivity contribution in [3.63, 3.8) is 0 Å². The van der Waals surface area contributed by atoms with Crippen molar-refractivity contribution in [1.29, 1.82) is 0 Å². The van der Waals surface area contributed by atoms with Crippen molar-refractivity contribution in [1.82, 2.24) is 0 Å². The highest BCUT2D eigenvalue weighted by Gasteiger charge is 2.11. The van der Waals surface area contributed by atoms with Crippen LogP contribution in [0.15, 0.2) is 11.6 Å². The Bertz CT molecular complexity index is 137. The maximum atomic E-state index is 9.54. The smallest absolute Gasteiger partial charge is 0.0601 e. The van der Waals surface area contributed by atoms with Crippen molar-refractivity contribution < 1.29 is 10.2 Å². The molecule has 2 heteroatoms. The Hall–Kier alpha value is -0.340. The molecule has 0 aromatic heterocycles. The molecule has 0 saturated carbocycles. The Labute approximate surface area is 74.9 Å². The van der Waals surface area contributed by atoms with Crippen molar-refractivity contribution in [2.24, 2.45) is 5.92 Å². The second kappa shape index (κ2) is 6.21. The van der Waals surface area contributed by atoms with Crippen LogP contribution >= 0.6 is 0 Å². The third kappa shape index (κ3) is 5.33. The number of allylic oxidation sites excluding steroid dienone is 1. The van der Waals surface area contributed by atoms with Gasteiger partial charge in [0.1, 0.15) is 0 Å². The first kappa shape index (κ1) is 11.7. The molecule has 2 atom stereocenters. The zero-order valence-corrected chi connectivity index (χ0v) is 8.25. The number of rotatable bonds is 5. The molecular formula is C10H20O2. The summed E-state index contributed by atoms with van der Waals surface area (Å²) in [5.74, 6) is 0.186. The highest BCUT2D eigenvalue weighted by atomic mass is 16.3. The normalized spacial score (nSPS) is 15.4. The van der Waals surface area contributed by atoms with Crippen LogP contribution in [0.3, 0.4) is 0 Å². The lowest BCUT2D eigenvalue weighted by atomic mass is 9.98. The largest absolute Gasteiger partial charge is 0.396 e. The Balaban J connectivity index is 3.70. The molecule has 0 spiro atoms. The highest BCUT2D eigenvalue weighted by Crippen LogP contribution is 2.12. The standard InChI is InChI=1S/C10H20O2/c1-8(2)4-5-10(12)9(3)6-7-11/h4,9-12H,5-7H2,1-3H3/t9?,10-/m0/s1. The highest BCUT2D eigenvalue weighted by molar-refractivity contribution is 4.94. The summed E-state index contributed by atoms with van der Waals surface area (Å²) in [6.45, 7) is 6.15. The monoisotopic (exact) mass is 172 g/mol. The fourth-order valence-electron chi connectivity index (χ4n) is 0.985. The van der Waals surface area contributed by atoms with Crippen LogP contribution in [-0.2, 0) is 0 Å². The molecule has 0 fully saturated rings. The molecule has 0 aliphatic rings. The average Bonchev–Trinajstić information content (AvgIpc) is 2.00. The molecular weight excluding hydrogens is 152 g/mol. The van der Waals surface area contributed by atoms with E-state index in [9.17, 15) is 5.11 Å². The van der Waals surface area contributed by atoms with Gasteiger partial charge in [-0.3, -0.25) is 0 Å². The first-order chi connectivity index (χ1) is 5.57. The maximum absolute atomic E-state index is 9.54. The quantitative estimate of drug-likeness (QED) is 0.620. The van der Waals surface area contributed by atoms with Crippen LogP contribution in [0.2, 0.25) is 0 Å². The molecule has 0 bridgehead atoms. The molecule has 0 aliphatic heterocycles. The van der Waals surface area contributed by atoms with Crippen molar-refractivity contribution in [3.8, 4) is 0 Å². The second-order valence-electron chi connectivity index (χ2n) is 3.57. The number of aliphatic hydroxyl groups excluding tert-OH is 2. The topological polar surface area (TPSA) is 40.5 Å². The van der Waals surface area contributed by atoms with Crippen LogP contribution in [0.25, 0.3) is 0 Å². The van der Waals surface area contributed by atoms with Gasteiger partial charge in [-0.25, -0.2) is 0 Å². The minimum atomic E-state index is -0.313. The lowest BCUT2D eigenvalue weighted by molar-refractivity contribution is 0.101. The summed E-state index contributed by atoms with van der Waals surface area (Å²) < 4.78 is 0. The summed E-state index contributed by atoms with van der Waals surface area (Å²) in [5, 5.41) is 18.2. The van der Waals surface area contributed by atoms with Crippen LogP contribution in [-0.4, -0.2) is 22.9 Å². The summed E-state index contributed by atoms with van der Waals surface area (Å²) in [5.41, 5.74) is 1.23. The van der Waals surface area contributed by atoms with E-state index in [4.69, 9.17) is 5.11 Å². The fourth-order valence-corrected chi connectivity index (χ4v) is 0.985. The Morgan fingerprint density at radius 2 is 2.00 bits per heavy atom. The Morgan fingerprint density at radius 1 is 1.42 bits per heavy atom. The van der Waals surface area contributed by atoms with E-state index in [0.717, 1.165) is 0 Å². The van der Waals surface area contributed by atoms with Gasteiger partial charge in [0.25, 0.3) is 0 Å². The lowest BCUT2D eigenvalue weighted by Crippen LogP contribution is -2.17. The molecule has 0 amide bonds. The van der Waals surface area contributed by atoms with E-state index in [2.05, 4.69) is 0 Å². The minimum Gasteiger partial charge on any atom is -0.396 e. The third-order valence-electron chi connectivity index (χ3n) is 2.01. The minimum absolute atomic E-state index is 0.160. The third-order valence-corrected chi connectivity index (χ3v) is 2.01. The average molecular weight is 172 g/mol. The molecule has 72 valence electrons. The van der Waals surface area contributed by atoms with Gasteiger partial charge in [0.15, 0.2) is 0 Å². The first-order valence-corrected chi connectivity index (χ1v) is 4.50. The molecule has 0 heterocycles. The van der Waals surface area contributed by atoms with E-state index in [0.29, 0.717) is 12.8 Å². The van der Waals surface area contributed by atoms with E-state index in [1.165, 1.54) is 5.57 Å². The van der Waals surface area contributed by atoms with E-state index in [-0.39, 0.29) is 18.6 Å². The molecule has 0 saturated heterocycles. The van der Waals surface area contributed by atoms with Gasteiger partial charge >= 0.3 is 0 Å². The van der Waals surface area contributed by atoms with Gasteiger partial charge in [0.05, 0.1) is 6.10 Å². The van der Waals surface area contributed by atoms with Crippen molar-refractivity contribution >= 4 is 0 Å². The van der Waals surface area contributed by atoms with Crippen LogP contribution in [0.1, 0.15) is 33.6 Å². The lowest BCUT2D eigenvalue weighted by Gasteiger charge is -2.15. The van der Waals surface area contributed by atoms with Crippen LogP contribution < -0.4 is 0 Å². The van der Waals surface area contributed by atoms with Gasteiger partial charge in [-0.1, -0.05) is 18.6 Å². The van der Waals surface area contributed by atoms with Gasteiger partial charge in [0, 0.05) is 6.61 Å². The predicted molar refractivity (Wildman–Crippen MR) is 50.9 cm³/mol. The van der Waals surface area contributed by atoms with Crippen LogP contribution in [0.5, 0.6) is 0 Å². The number of hydrogen-bond donors (Lipinski definition) is 2. The second-order valence-corrected chi connectivity index (χ2v) is 3.57. The molecule has 12 heavy (non-hydrogen) atoms. The molecule has 1 unspecified atom stereocenters. The van der Waals surface area contributed by atoms with E-state index in [1.54, 1.807) is 0 Å². The summed E-state index contributed by atoms with van der Waals surface area (Å²) in [4.78, 5) is 0. The molecule has 0 aromatic rings. The number of aliphatic hydroxyl groups is 2. The zero-order chi connectivity index (χ0) is 9.56. The molecule has 0 aromatic carbocycles. The first-order valence-electron chi connectivity index (χ1n) is 4.50. The zero-order valence-electron chi connectivity index (χ0n) is 8.25. The fraction of sp³-hybridized carbons (Fsp3) is 0.800. The summed E-state index contributed by atoms with van der Waals surface area (Å²) in [6.07, 6.45) is 3.09. The van der Waals surface area contributed by atoms with E-state index in [1.807, 2.05) is 26.8 Å². The van der Waals surface area contributed by atoms with Crippen molar-refractivity contribution in [3.05, 3.63) is 11.6 Å². The van der Waals surface area contributed by atoms with E-state index < -0.39 is 0 Å². The Morgan fingerprint density at radius 3 is 2.42 bits per heavy atom. The van der Waals surface area contributed by atoms with Crippen LogP contribution in [0, 0.1) is 5.92 Å². The molecule has 0 radical (unpaired) electrons. The van der Waals surface area contributed by atoms with Gasteiger partial charge in [-0.15, -0.1) is 0 Å².